The Hall–Kier alpha value is -1.53. The predicted octanol–water partition coefficient (Wildman–Crippen LogP) is 3.72. The van der Waals surface area contributed by atoms with Gasteiger partial charge in [0.1, 0.15) is 5.75 Å². The van der Waals surface area contributed by atoms with Crippen molar-refractivity contribution in [1.29, 1.82) is 0 Å². The Morgan fingerprint density at radius 1 is 1.16 bits per heavy atom. The van der Waals surface area contributed by atoms with Gasteiger partial charge in [0, 0.05) is 5.69 Å². The van der Waals surface area contributed by atoms with Gasteiger partial charge in [0.25, 0.3) is 0 Å². The average Bonchev–Trinajstić information content (AvgIpc) is 3.09. The third kappa shape index (κ3) is 3.08. The van der Waals surface area contributed by atoms with E-state index >= 15 is 0 Å². The van der Waals surface area contributed by atoms with Crippen LogP contribution >= 0.6 is 0 Å². The number of alkyl halides is 5. The Kier molecular flexibility index (Phi) is 3.32. The van der Waals surface area contributed by atoms with Crippen LogP contribution in [0.2, 0.25) is 0 Å². The van der Waals surface area contributed by atoms with Crippen molar-refractivity contribution < 1.29 is 26.7 Å². The van der Waals surface area contributed by atoms with E-state index in [-0.39, 0.29) is 11.7 Å². The molecular weight excluding hydrogens is 269 g/mol. The first-order valence-corrected chi connectivity index (χ1v) is 5.67. The molecule has 0 bridgehead atoms. The fourth-order valence-corrected chi connectivity index (χ4v) is 1.66. The van der Waals surface area contributed by atoms with Crippen molar-refractivity contribution in [2.75, 3.05) is 12.3 Å². The molecule has 2 N–H and O–H groups in total. The lowest BCUT2D eigenvalue weighted by Crippen LogP contribution is -2.41. The van der Waals surface area contributed by atoms with Gasteiger partial charge in [0.15, 0.2) is 6.61 Å². The first kappa shape index (κ1) is 13.9. The van der Waals surface area contributed by atoms with E-state index in [9.17, 15) is 22.0 Å². The summed E-state index contributed by atoms with van der Waals surface area (Å²) in [6.07, 6.45) is -3.90. The predicted molar refractivity (Wildman–Crippen MR) is 59.3 cm³/mol. The van der Waals surface area contributed by atoms with Crippen LogP contribution in [0.15, 0.2) is 18.2 Å². The van der Waals surface area contributed by atoms with Gasteiger partial charge in [-0.3, -0.25) is 0 Å². The summed E-state index contributed by atoms with van der Waals surface area (Å²) in [6.45, 7) is -1.72. The number of nitrogens with two attached hydrogens (primary N) is 1. The van der Waals surface area contributed by atoms with Crippen LogP contribution in [-0.4, -0.2) is 18.7 Å². The van der Waals surface area contributed by atoms with Gasteiger partial charge in [-0.2, -0.15) is 22.0 Å². The van der Waals surface area contributed by atoms with Crippen molar-refractivity contribution in [1.82, 2.24) is 0 Å². The molecule has 0 aliphatic heterocycles. The van der Waals surface area contributed by atoms with E-state index in [0.29, 0.717) is 11.3 Å². The largest absolute Gasteiger partial charge is 0.487 e. The van der Waals surface area contributed by atoms with E-state index in [4.69, 9.17) is 5.73 Å². The minimum Gasteiger partial charge on any atom is -0.487 e. The van der Waals surface area contributed by atoms with Crippen molar-refractivity contribution in [3.8, 4) is 5.75 Å². The van der Waals surface area contributed by atoms with Gasteiger partial charge in [-0.1, -0.05) is 0 Å². The summed E-state index contributed by atoms with van der Waals surface area (Å²) >= 11 is 0. The molecule has 0 atom stereocenters. The lowest BCUT2D eigenvalue weighted by Gasteiger charge is -2.21. The van der Waals surface area contributed by atoms with Crippen LogP contribution in [0.5, 0.6) is 5.75 Å². The van der Waals surface area contributed by atoms with Crippen LogP contribution in [0.4, 0.5) is 27.6 Å². The van der Waals surface area contributed by atoms with Crippen molar-refractivity contribution in [2.45, 2.75) is 30.9 Å². The molecule has 19 heavy (non-hydrogen) atoms. The highest BCUT2D eigenvalue weighted by Crippen LogP contribution is 2.45. The van der Waals surface area contributed by atoms with Gasteiger partial charge in [0.05, 0.1) is 0 Å². The fraction of sp³-hybridized carbons (Fsp3) is 0.500. The SMILES string of the molecule is Nc1ccc(OCC(F)(F)C(F)(F)F)c(C2CC2)c1. The zero-order valence-electron chi connectivity index (χ0n) is 9.81. The van der Waals surface area contributed by atoms with Gasteiger partial charge in [-0.15, -0.1) is 0 Å². The summed E-state index contributed by atoms with van der Waals surface area (Å²) in [5.41, 5.74) is 6.58. The summed E-state index contributed by atoms with van der Waals surface area (Å²) in [4.78, 5) is 0. The van der Waals surface area contributed by atoms with Crippen molar-refractivity contribution in [3.05, 3.63) is 23.8 Å². The number of benzene rings is 1. The normalized spacial score (nSPS) is 16.5. The highest BCUT2D eigenvalue weighted by Gasteiger charge is 2.58. The first-order chi connectivity index (χ1) is 8.71. The average molecular weight is 281 g/mol. The summed E-state index contributed by atoms with van der Waals surface area (Å²) < 4.78 is 66.3. The maximum atomic E-state index is 12.8. The van der Waals surface area contributed by atoms with E-state index in [1.165, 1.54) is 12.1 Å². The number of rotatable bonds is 4. The molecule has 0 unspecified atom stereocenters. The molecule has 1 saturated carbocycles. The van der Waals surface area contributed by atoms with Crippen LogP contribution in [-0.2, 0) is 0 Å². The van der Waals surface area contributed by atoms with Crippen molar-refractivity contribution in [2.24, 2.45) is 0 Å². The highest BCUT2D eigenvalue weighted by molar-refractivity contribution is 5.50. The molecule has 0 heterocycles. The lowest BCUT2D eigenvalue weighted by molar-refractivity contribution is -0.290. The van der Waals surface area contributed by atoms with Crippen LogP contribution in [0, 0.1) is 0 Å². The maximum Gasteiger partial charge on any atom is 0.456 e. The van der Waals surface area contributed by atoms with E-state index in [0.717, 1.165) is 12.8 Å². The van der Waals surface area contributed by atoms with E-state index in [1.54, 1.807) is 6.07 Å². The van der Waals surface area contributed by atoms with Crippen LogP contribution in [0.25, 0.3) is 0 Å². The molecule has 0 aromatic heterocycles. The minimum absolute atomic E-state index is 0.0422. The molecular formula is C12H12F5NO. The Balaban J connectivity index is 2.12. The molecule has 7 heteroatoms. The number of nitrogen functional groups attached to an aromatic ring is 1. The molecule has 0 spiro atoms. The molecule has 1 aromatic carbocycles. The number of anilines is 1. The number of hydrogen-bond donors (Lipinski definition) is 1. The quantitative estimate of drug-likeness (QED) is 0.674. The van der Waals surface area contributed by atoms with Crippen LogP contribution < -0.4 is 10.5 Å². The van der Waals surface area contributed by atoms with Gasteiger partial charge >= 0.3 is 12.1 Å². The van der Waals surface area contributed by atoms with Crippen LogP contribution in [0.3, 0.4) is 0 Å². The van der Waals surface area contributed by atoms with E-state index in [2.05, 4.69) is 4.74 Å². The third-order valence-corrected chi connectivity index (χ3v) is 2.87. The summed E-state index contributed by atoms with van der Waals surface area (Å²) in [6, 6.07) is 4.29. The zero-order valence-corrected chi connectivity index (χ0v) is 9.81. The first-order valence-electron chi connectivity index (χ1n) is 5.67. The highest BCUT2D eigenvalue weighted by atomic mass is 19.4. The van der Waals surface area contributed by atoms with Crippen LogP contribution in [0.1, 0.15) is 24.3 Å². The second-order valence-electron chi connectivity index (χ2n) is 4.56. The molecule has 1 aromatic rings. The zero-order chi connectivity index (χ0) is 14.3. The molecule has 0 radical (unpaired) electrons. The molecule has 0 saturated heterocycles. The monoisotopic (exact) mass is 281 g/mol. The Labute approximate surface area is 106 Å². The lowest BCUT2D eigenvalue weighted by atomic mass is 10.1. The topological polar surface area (TPSA) is 35.2 Å². The molecule has 1 aliphatic rings. The molecule has 1 aliphatic carbocycles. The van der Waals surface area contributed by atoms with Gasteiger partial charge in [0.2, 0.25) is 0 Å². The number of hydrogen-bond acceptors (Lipinski definition) is 2. The van der Waals surface area contributed by atoms with Gasteiger partial charge < -0.3 is 10.5 Å². The summed E-state index contributed by atoms with van der Waals surface area (Å²) in [5, 5.41) is 0. The summed E-state index contributed by atoms with van der Waals surface area (Å²) in [7, 11) is 0. The van der Waals surface area contributed by atoms with Crippen molar-refractivity contribution >= 4 is 5.69 Å². The molecule has 0 amide bonds. The fourth-order valence-electron chi connectivity index (χ4n) is 1.66. The standard InChI is InChI=1S/C12H12F5NO/c13-11(14,12(15,16)17)6-19-10-4-3-8(18)5-9(10)7-1-2-7/h3-5,7H,1-2,6,18H2. The Morgan fingerprint density at radius 3 is 2.32 bits per heavy atom. The Morgan fingerprint density at radius 2 is 1.79 bits per heavy atom. The van der Waals surface area contributed by atoms with Crippen molar-refractivity contribution in [3.63, 3.8) is 0 Å². The van der Waals surface area contributed by atoms with Gasteiger partial charge in [-0.05, 0) is 42.5 Å². The smallest absolute Gasteiger partial charge is 0.456 e. The second kappa shape index (κ2) is 4.54. The number of halogens is 5. The molecule has 2 rings (SSSR count). The van der Waals surface area contributed by atoms with E-state index < -0.39 is 18.7 Å². The second-order valence-corrected chi connectivity index (χ2v) is 4.56. The maximum absolute atomic E-state index is 12.8. The molecule has 2 nitrogen and oxygen atoms in total. The molecule has 106 valence electrons. The Bertz CT molecular complexity index is 468. The van der Waals surface area contributed by atoms with Gasteiger partial charge in [-0.25, -0.2) is 0 Å². The molecule has 1 fully saturated rings. The van der Waals surface area contributed by atoms with E-state index in [1.807, 2.05) is 0 Å². The minimum atomic E-state index is -5.61. The summed E-state index contributed by atoms with van der Waals surface area (Å²) in [5.74, 6) is -4.69. The number of ether oxygens (including phenoxy) is 1. The third-order valence-electron chi connectivity index (χ3n) is 2.87.